The third kappa shape index (κ3) is 2.99. The van der Waals surface area contributed by atoms with Gasteiger partial charge >= 0.3 is 0 Å². The predicted molar refractivity (Wildman–Crippen MR) is 82.2 cm³/mol. The van der Waals surface area contributed by atoms with Crippen LogP contribution in [0.3, 0.4) is 0 Å². The fraction of sp³-hybridized carbons (Fsp3) is 0.0667. The van der Waals surface area contributed by atoms with Gasteiger partial charge in [-0.1, -0.05) is 6.07 Å². The van der Waals surface area contributed by atoms with Gasteiger partial charge in [0.15, 0.2) is 16.6 Å². The van der Waals surface area contributed by atoms with Gasteiger partial charge in [0.05, 0.1) is 5.69 Å². The van der Waals surface area contributed by atoms with E-state index in [2.05, 4.69) is 20.3 Å². The SMILES string of the molecule is Cc1cnc(C(=O)Nc2nc(-c3ccccn3)cs2)c(F)c1. The minimum absolute atomic E-state index is 0.250. The van der Waals surface area contributed by atoms with Gasteiger partial charge in [0.25, 0.3) is 5.91 Å². The molecule has 22 heavy (non-hydrogen) atoms. The van der Waals surface area contributed by atoms with E-state index in [1.54, 1.807) is 18.5 Å². The van der Waals surface area contributed by atoms with Crippen LogP contribution in [0.1, 0.15) is 16.1 Å². The molecule has 0 unspecified atom stereocenters. The van der Waals surface area contributed by atoms with E-state index in [1.165, 1.54) is 23.6 Å². The third-order valence-corrected chi connectivity index (χ3v) is 3.60. The second kappa shape index (κ2) is 5.98. The Morgan fingerprint density at radius 3 is 2.86 bits per heavy atom. The zero-order valence-electron chi connectivity index (χ0n) is 11.6. The number of aromatic nitrogens is 3. The molecule has 3 rings (SSSR count). The van der Waals surface area contributed by atoms with Crippen LogP contribution >= 0.6 is 11.3 Å². The Morgan fingerprint density at radius 1 is 1.27 bits per heavy atom. The number of pyridine rings is 2. The predicted octanol–water partition coefficient (Wildman–Crippen LogP) is 3.30. The fourth-order valence-corrected chi connectivity index (χ4v) is 2.52. The van der Waals surface area contributed by atoms with Crippen LogP contribution in [0.2, 0.25) is 0 Å². The maximum absolute atomic E-state index is 13.7. The number of hydrogen-bond donors (Lipinski definition) is 1. The maximum atomic E-state index is 13.7. The zero-order valence-corrected chi connectivity index (χ0v) is 12.4. The molecule has 0 spiro atoms. The van der Waals surface area contributed by atoms with Crippen molar-refractivity contribution in [3.8, 4) is 11.4 Å². The first kappa shape index (κ1) is 14.3. The average molecular weight is 314 g/mol. The minimum atomic E-state index is -0.654. The Labute approximate surface area is 129 Å². The molecule has 1 amide bonds. The highest BCUT2D eigenvalue weighted by atomic mass is 32.1. The molecule has 0 saturated heterocycles. The van der Waals surface area contributed by atoms with Gasteiger partial charge in [-0.3, -0.25) is 15.1 Å². The van der Waals surface area contributed by atoms with E-state index < -0.39 is 11.7 Å². The van der Waals surface area contributed by atoms with Crippen LogP contribution in [-0.2, 0) is 0 Å². The molecule has 0 aliphatic rings. The molecule has 0 aliphatic heterocycles. The van der Waals surface area contributed by atoms with Gasteiger partial charge in [0.1, 0.15) is 5.69 Å². The molecule has 3 aromatic heterocycles. The molecule has 0 aliphatic carbocycles. The summed E-state index contributed by atoms with van der Waals surface area (Å²) in [5.74, 6) is -1.28. The Morgan fingerprint density at radius 2 is 2.14 bits per heavy atom. The van der Waals surface area contributed by atoms with Crippen molar-refractivity contribution in [3.63, 3.8) is 0 Å². The van der Waals surface area contributed by atoms with Crippen molar-refractivity contribution in [2.45, 2.75) is 6.92 Å². The average Bonchev–Trinajstić information content (AvgIpc) is 2.96. The standard InChI is InChI=1S/C15H11FN4OS/c1-9-6-10(16)13(18-7-9)14(21)20-15-19-12(8-22-15)11-4-2-3-5-17-11/h2-8H,1H3,(H,19,20,21). The minimum Gasteiger partial charge on any atom is -0.296 e. The lowest BCUT2D eigenvalue weighted by atomic mass is 10.2. The Balaban J connectivity index is 1.79. The number of nitrogens with one attached hydrogen (secondary N) is 1. The summed E-state index contributed by atoms with van der Waals surface area (Å²) in [5.41, 5.74) is 1.76. The highest BCUT2D eigenvalue weighted by Gasteiger charge is 2.15. The first-order valence-electron chi connectivity index (χ1n) is 6.44. The summed E-state index contributed by atoms with van der Waals surface area (Å²) in [7, 11) is 0. The monoisotopic (exact) mass is 314 g/mol. The van der Waals surface area contributed by atoms with Crippen LogP contribution in [0.5, 0.6) is 0 Å². The van der Waals surface area contributed by atoms with Crippen LogP contribution in [0.25, 0.3) is 11.4 Å². The number of rotatable bonds is 3. The molecular weight excluding hydrogens is 303 g/mol. The fourth-order valence-electron chi connectivity index (χ4n) is 1.82. The van der Waals surface area contributed by atoms with E-state index in [-0.39, 0.29) is 5.69 Å². The number of carbonyl (C=O) groups is 1. The molecule has 3 aromatic rings. The third-order valence-electron chi connectivity index (χ3n) is 2.84. The molecule has 0 aromatic carbocycles. The van der Waals surface area contributed by atoms with Crippen molar-refractivity contribution in [1.82, 2.24) is 15.0 Å². The van der Waals surface area contributed by atoms with Gasteiger partial charge in [-0.25, -0.2) is 14.4 Å². The van der Waals surface area contributed by atoms with Gasteiger partial charge in [0.2, 0.25) is 0 Å². The quantitative estimate of drug-likeness (QED) is 0.805. The molecule has 0 atom stereocenters. The first-order chi connectivity index (χ1) is 10.6. The lowest BCUT2D eigenvalue weighted by Crippen LogP contribution is -2.15. The molecule has 0 bridgehead atoms. The second-order valence-corrected chi connectivity index (χ2v) is 5.41. The summed E-state index contributed by atoms with van der Waals surface area (Å²) in [6.45, 7) is 1.71. The maximum Gasteiger partial charge on any atom is 0.279 e. The number of nitrogens with zero attached hydrogens (tertiary/aromatic N) is 3. The van der Waals surface area contributed by atoms with Crippen molar-refractivity contribution in [1.29, 1.82) is 0 Å². The summed E-state index contributed by atoms with van der Waals surface area (Å²) in [6, 6.07) is 6.75. The van der Waals surface area contributed by atoms with Gasteiger partial charge in [-0.15, -0.1) is 11.3 Å². The molecule has 0 saturated carbocycles. The Hall–Kier alpha value is -2.67. The highest BCUT2D eigenvalue weighted by molar-refractivity contribution is 7.14. The van der Waals surface area contributed by atoms with E-state index in [1.807, 2.05) is 18.2 Å². The smallest absolute Gasteiger partial charge is 0.279 e. The van der Waals surface area contributed by atoms with E-state index in [9.17, 15) is 9.18 Å². The number of hydrogen-bond acceptors (Lipinski definition) is 5. The van der Waals surface area contributed by atoms with Gasteiger partial charge in [-0.2, -0.15) is 0 Å². The van der Waals surface area contributed by atoms with Crippen molar-refractivity contribution in [2.75, 3.05) is 5.32 Å². The molecule has 5 nitrogen and oxygen atoms in total. The number of thiazole rings is 1. The van der Waals surface area contributed by atoms with Crippen molar-refractivity contribution in [3.05, 3.63) is 59.1 Å². The molecular formula is C15H11FN4OS. The summed E-state index contributed by atoms with van der Waals surface area (Å²) < 4.78 is 13.7. The number of carbonyl (C=O) groups excluding carboxylic acids is 1. The summed E-state index contributed by atoms with van der Waals surface area (Å²) >= 11 is 1.24. The second-order valence-electron chi connectivity index (χ2n) is 4.55. The van der Waals surface area contributed by atoms with E-state index >= 15 is 0 Å². The highest BCUT2D eigenvalue weighted by Crippen LogP contribution is 2.23. The van der Waals surface area contributed by atoms with Gasteiger partial charge in [-0.05, 0) is 30.7 Å². The molecule has 7 heteroatoms. The van der Waals surface area contributed by atoms with Crippen LogP contribution < -0.4 is 5.32 Å². The number of anilines is 1. The lowest BCUT2D eigenvalue weighted by molar-refractivity contribution is 0.101. The molecule has 0 fully saturated rings. The molecule has 0 radical (unpaired) electrons. The van der Waals surface area contributed by atoms with Crippen LogP contribution in [0.15, 0.2) is 42.0 Å². The number of amides is 1. The van der Waals surface area contributed by atoms with Gasteiger partial charge < -0.3 is 0 Å². The summed E-state index contributed by atoms with van der Waals surface area (Å²) in [6.07, 6.45) is 3.11. The zero-order chi connectivity index (χ0) is 15.5. The molecule has 1 N–H and O–H groups in total. The number of aryl methyl sites for hydroxylation is 1. The van der Waals surface area contributed by atoms with Crippen LogP contribution in [0.4, 0.5) is 9.52 Å². The normalized spacial score (nSPS) is 10.5. The van der Waals surface area contributed by atoms with E-state index in [0.29, 0.717) is 22.1 Å². The van der Waals surface area contributed by atoms with E-state index in [4.69, 9.17) is 0 Å². The van der Waals surface area contributed by atoms with Crippen molar-refractivity contribution < 1.29 is 9.18 Å². The van der Waals surface area contributed by atoms with Crippen LogP contribution in [0, 0.1) is 12.7 Å². The topological polar surface area (TPSA) is 67.8 Å². The van der Waals surface area contributed by atoms with Crippen molar-refractivity contribution >= 4 is 22.4 Å². The first-order valence-corrected chi connectivity index (χ1v) is 7.32. The van der Waals surface area contributed by atoms with Crippen molar-refractivity contribution in [2.24, 2.45) is 0 Å². The van der Waals surface area contributed by atoms with E-state index in [0.717, 1.165) is 0 Å². The molecule has 110 valence electrons. The Bertz CT molecular complexity index is 819. The largest absolute Gasteiger partial charge is 0.296 e. The summed E-state index contributed by atoms with van der Waals surface area (Å²) in [4.78, 5) is 24.3. The molecule has 3 heterocycles. The van der Waals surface area contributed by atoms with Gasteiger partial charge in [0, 0.05) is 17.8 Å². The lowest BCUT2D eigenvalue weighted by Gasteiger charge is -2.02. The summed E-state index contributed by atoms with van der Waals surface area (Å²) in [5, 5.41) is 4.69. The Kier molecular flexibility index (Phi) is 3.88. The number of halogens is 1. The van der Waals surface area contributed by atoms with Crippen LogP contribution in [-0.4, -0.2) is 20.9 Å².